The Morgan fingerprint density at radius 2 is 1.69 bits per heavy atom. The van der Waals surface area contributed by atoms with Gasteiger partial charge in [0.1, 0.15) is 5.75 Å². The zero-order chi connectivity index (χ0) is 23.3. The largest absolute Gasteiger partial charge is 0.491 e. The van der Waals surface area contributed by atoms with E-state index < -0.39 is 0 Å². The van der Waals surface area contributed by atoms with Crippen molar-refractivity contribution in [3.05, 3.63) is 53.1 Å². The number of nitrogens with zero attached hydrogens (tertiary/aromatic N) is 2. The number of piperazine rings is 1. The molecule has 172 valence electrons. The summed E-state index contributed by atoms with van der Waals surface area (Å²) >= 11 is 6.53. The van der Waals surface area contributed by atoms with Crippen LogP contribution in [0, 0.1) is 5.92 Å². The summed E-state index contributed by atoms with van der Waals surface area (Å²) < 4.78 is 5.79. The molecular formula is C25H32ClN3O3. The predicted molar refractivity (Wildman–Crippen MR) is 130 cm³/mol. The summed E-state index contributed by atoms with van der Waals surface area (Å²) in [5.41, 5.74) is 1.99. The Labute approximate surface area is 195 Å². The van der Waals surface area contributed by atoms with Gasteiger partial charge in [-0.2, -0.15) is 0 Å². The highest BCUT2D eigenvalue weighted by Crippen LogP contribution is 2.35. The van der Waals surface area contributed by atoms with Gasteiger partial charge in [-0.3, -0.25) is 9.59 Å². The maximum absolute atomic E-state index is 12.9. The Bertz CT molecular complexity index is 938. The van der Waals surface area contributed by atoms with E-state index in [4.69, 9.17) is 16.3 Å². The molecule has 1 aliphatic rings. The molecule has 3 rings (SSSR count). The maximum atomic E-state index is 12.9. The fraction of sp³-hybridized carbons (Fsp3) is 0.440. The number of carbonyl (C=O) groups excluding carboxylic acids is 2. The molecule has 1 aliphatic heterocycles. The van der Waals surface area contributed by atoms with Crippen LogP contribution in [0.25, 0.3) is 0 Å². The van der Waals surface area contributed by atoms with Crippen LogP contribution in [0.1, 0.15) is 44.5 Å². The number of halogens is 1. The van der Waals surface area contributed by atoms with E-state index in [0.29, 0.717) is 42.5 Å². The number of nitrogens with one attached hydrogen (secondary N) is 1. The van der Waals surface area contributed by atoms with Crippen LogP contribution in [0.5, 0.6) is 5.75 Å². The van der Waals surface area contributed by atoms with Gasteiger partial charge in [0.25, 0.3) is 5.91 Å². The molecule has 1 fully saturated rings. The predicted octanol–water partition coefficient (Wildman–Crippen LogP) is 5.07. The van der Waals surface area contributed by atoms with E-state index in [1.54, 1.807) is 12.1 Å². The molecule has 32 heavy (non-hydrogen) atoms. The Kier molecular flexibility index (Phi) is 8.02. The first-order valence-corrected chi connectivity index (χ1v) is 11.6. The van der Waals surface area contributed by atoms with E-state index in [-0.39, 0.29) is 23.8 Å². The minimum atomic E-state index is -0.211. The lowest BCUT2D eigenvalue weighted by atomic mass is 10.1. The van der Waals surface area contributed by atoms with Crippen molar-refractivity contribution in [2.75, 3.05) is 36.4 Å². The highest BCUT2D eigenvalue weighted by atomic mass is 35.5. The summed E-state index contributed by atoms with van der Waals surface area (Å²) in [7, 11) is 0. The SMILES string of the molecule is CC[C@H](C)Oc1ccc(C(=O)Nc2cccc(Cl)c2N2CCN(C(=O)C(C)C)CC2)cc1. The molecule has 7 heteroatoms. The number of anilines is 2. The number of amides is 2. The lowest BCUT2D eigenvalue weighted by molar-refractivity contribution is -0.134. The molecule has 2 amide bonds. The number of benzene rings is 2. The quantitative estimate of drug-likeness (QED) is 0.630. The number of carbonyl (C=O) groups is 2. The van der Waals surface area contributed by atoms with Gasteiger partial charge < -0.3 is 19.9 Å². The van der Waals surface area contributed by atoms with Gasteiger partial charge in [-0.15, -0.1) is 0 Å². The first-order chi connectivity index (χ1) is 15.3. The molecular weight excluding hydrogens is 426 g/mol. The number of ether oxygens (including phenoxy) is 1. The Balaban J connectivity index is 1.71. The summed E-state index contributed by atoms with van der Waals surface area (Å²) in [5, 5.41) is 3.58. The van der Waals surface area contributed by atoms with Crippen LogP contribution < -0.4 is 15.0 Å². The fourth-order valence-electron chi connectivity index (χ4n) is 3.65. The van der Waals surface area contributed by atoms with Crippen LogP contribution in [0.4, 0.5) is 11.4 Å². The monoisotopic (exact) mass is 457 g/mol. The normalized spacial score (nSPS) is 14.9. The number of para-hydroxylation sites is 1. The zero-order valence-corrected chi connectivity index (χ0v) is 20.0. The topological polar surface area (TPSA) is 61.9 Å². The highest BCUT2D eigenvalue weighted by Gasteiger charge is 2.25. The molecule has 0 saturated carbocycles. The van der Waals surface area contributed by atoms with Crippen molar-refractivity contribution < 1.29 is 14.3 Å². The molecule has 1 heterocycles. The van der Waals surface area contributed by atoms with Gasteiger partial charge in [0.05, 0.1) is 22.5 Å². The third-order valence-electron chi connectivity index (χ3n) is 5.67. The molecule has 2 aromatic carbocycles. The van der Waals surface area contributed by atoms with E-state index >= 15 is 0 Å². The first-order valence-electron chi connectivity index (χ1n) is 11.2. The molecule has 0 bridgehead atoms. The molecule has 1 saturated heterocycles. The second-order valence-electron chi connectivity index (χ2n) is 8.42. The number of hydrogen-bond acceptors (Lipinski definition) is 4. The van der Waals surface area contributed by atoms with Crippen molar-refractivity contribution >= 4 is 34.8 Å². The third-order valence-corrected chi connectivity index (χ3v) is 5.97. The summed E-state index contributed by atoms with van der Waals surface area (Å²) in [6.45, 7) is 10.5. The van der Waals surface area contributed by atoms with Gasteiger partial charge in [0, 0.05) is 37.7 Å². The molecule has 0 radical (unpaired) electrons. The second kappa shape index (κ2) is 10.7. The summed E-state index contributed by atoms with van der Waals surface area (Å²) in [4.78, 5) is 29.2. The standard InChI is InChI=1S/C25H32ClN3O3/c1-5-18(4)32-20-11-9-19(10-12-20)24(30)27-22-8-6-7-21(26)23(22)28-13-15-29(16-14-28)25(31)17(2)3/h6-12,17-18H,5,13-16H2,1-4H3,(H,27,30)/t18-/m0/s1. The van der Waals surface area contributed by atoms with Crippen molar-refractivity contribution in [1.82, 2.24) is 4.90 Å². The average molecular weight is 458 g/mol. The zero-order valence-electron chi connectivity index (χ0n) is 19.2. The molecule has 1 N–H and O–H groups in total. The van der Waals surface area contributed by atoms with Gasteiger partial charge >= 0.3 is 0 Å². The minimum absolute atomic E-state index is 0.0151. The lowest BCUT2D eigenvalue weighted by Crippen LogP contribution is -2.50. The first kappa shape index (κ1) is 23.9. The summed E-state index contributed by atoms with van der Waals surface area (Å²) in [6, 6.07) is 12.6. The lowest BCUT2D eigenvalue weighted by Gasteiger charge is -2.38. The number of rotatable bonds is 7. The van der Waals surface area contributed by atoms with Gasteiger partial charge in [-0.05, 0) is 49.7 Å². The van der Waals surface area contributed by atoms with Crippen LogP contribution in [0.15, 0.2) is 42.5 Å². The van der Waals surface area contributed by atoms with E-state index in [0.717, 1.165) is 17.9 Å². The van der Waals surface area contributed by atoms with Gasteiger partial charge in [0.15, 0.2) is 0 Å². The molecule has 2 aromatic rings. The average Bonchev–Trinajstić information content (AvgIpc) is 2.79. The minimum Gasteiger partial charge on any atom is -0.491 e. The van der Waals surface area contributed by atoms with Crippen LogP contribution in [0.3, 0.4) is 0 Å². The van der Waals surface area contributed by atoms with Crippen LogP contribution in [-0.2, 0) is 4.79 Å². The highest BCUT2D eigenvalue weighted by molar-refractivity contribution is 6.34. The Morgan fingerprint density at radius 3 is 2.28 bits per heavy atom. The van der Waals surface area contributed by atoms with Crippen molar-refractivity contribution in [3.8, 4) is 5.75 Å². The summed E-state index contributed by atoms with van der Waals surface area (Å²) in [5.74, 6) is 0.683. The maximum Gasteiger partial charge on any atom is 0.255 e. The van der Waals surface area contributed by atoms with Crippen LogP contribution in [-0.4, -0.2) is 49.0 Å². The summed E-state index contributed by atoms with van der Waals surface area (Å²) in [6.07, 6.45) is 1.04. The molecule has 1 atom stereocenters. The van der Waals surface area contributed by atoms with Gasteiger partial charge in [-0.25, -0.2) is 0 Å². The van der Waals surface area contributed by atoms with E-state index in [1.807, 2.05) is 56.0 Å². The van der Waals surface area contributed by atoms with Crippen molar-refractivity contribution in [2.24, 2.45) is 5.92 Å². The molecule has 0 spiro atoms. The number of hydrogen-bond donors (Lipinski definition) is 1. The third kappa shape index (κ3) is 5.74. The van der Waals surface area contributed by atoms with Gasteiger partial charge in [-0.1, -0.05) is 38.4 Å². The van der Waals surface area contributed by atoms with Crippen molar-refractivity contribution in [2.45, 2.75) is 40.2 Å². The van der Waals surface area contributed by atoms with E-state index in [9.17, 15) is 9.59 Å². The Hall–Kier alpha value is -2.73. The Morgan fingerprint density at radius 1 is 1.03 bits per heavy atom. The van der Waals surface area contributed by atoms with Crippen molar-refractivity contribution in [1.29, 1.82) is 0 Å². The fourth-order valence-corrected chi connectivity index (χ4v) is 3.94. The van der Waals surface area contributed by atoms with E-state index in [2.05, 4.69) is 17.1 Å². The van der Waals surface area contributed by atoms with Crippen LogP contribution in [0.2, 0.25) is 5.02 Å². The second-order valence-corrected chi connectivity index (χ2v) is 8.83. The molecule has 6 nitrogen and oxygen atoms in total. The van der Waals surface area contributed by atoms with Gasteiger partial charge in [0.2, 0.25) is 5.91 Å². The molecule has 0 aromatic heterocycles. The van der Waals surface area contributed by atoms with Crippen LogP contribution >= 0.6 is 11.6 Å². The molecule has 0 aliphatic carbocycles. The van der Waals surface area contributed by atoms with Crippen molar-refractivity contribution in [3.63, 3.8) is 0 Å². The smallest absolute Gasteiger partial charge is 0.255 e. The van der Waals surface area contributed by atoms with E-state index in [1.165, 1.54) is 0 Å². The molecule has 0 unspecified atom stereocenters.